The fourth-order valence-electron chi connectivity index (χ4n) is 3.09. The number of carbonyl (C=O) groups excluding carboxylic acids is 1. The van der Waals surface area contributed by atoms with Crippen molar-refractivity contribution in [2.45, 2.75) is 67.5 Å². The van der Waals surface area contributed by atoms with Crippen molar-refractivity contribution in [1.29, 1.82) is 0 Å². The molecule has 5 nitrogen and oxygen atoms in total. The number of hydrogen-bond acceptors (Lipinski definition) is 5. The van der Waals surface area contributed by atoms with Crippen molar-refractivity contribution in [1.82, 2.24) is 5.32 Å². The summed E-state index contributed by atoms with van der Waals surface area (Å²) in [6, 6.07) is 6.88. The van der Waals surface area contributed by atoms with Gasteiger partial charge >= 0.3 is 5.97 Å². The molecule has 0 fully saturated rings. The fourth-order valence-corrected chi connectivity index (χ4v) is 3.09. The van der Waals surface area contributed by atoms with Gasteiger partial charge in [0.05, 0.1) is 5.41 Å². The maximum absolute atomic E-state index is 12.8. The maximum Gasteiger partial charge on any atom is 0.312 e. The van der Waals surface area contributed by atoms with Crippen molar-refractivity contribution in [3.63, 3.8) is 0 Å². The molecule has 0 amide bonds. The van der Waals surface area contributed by atoms with Crippen molar-refractivity contribution in [3.05, 3.63) is 29.8 Å². The van der Waals surface area contributed by atoms with Crippen LogP contribution in [0.5, 0.6) is 5.75 Å². The molecule has 0 saturated carbocycles. The highest BCUT2D eigenvalue weighted by atomic mass is 16.5. The molecule has 0 aliphatic rings. The Kier molecular flexibility index (Phi) is 7.87. The van der Waals surface area contributed by atoms with Crippen LogP contribution in [0.25, 0.3) is 0 Å². The molecule has 0 aliphatic heterocycles. The number of nitrogens with one attached hydrogen (secondary N) is 1. The van der Waals surface area contributed by atoms with E-state index in [1.54, 1.807) is 12.1 Å². The van der Waals surface area contributed by atoms with Crippen LogP contribution in [-0.2, 0) is 16.1 Å². The highest BCUT2D eigenvalue weighted by Gasteiger charge is 2.47. The molecule has 0 aromatic heterocycles. The zero-order valence-corrected chi connectivity index (χ0v) is 17.9. The number of esters is 1. The first-order valence-corrected chi connectivity index (χ1v) is 9.58. The molecule has 0 aliphatic carbocycles. The Hall–Kier alpha value is -1.59. The van der Waals surface area contributed by atoms with Gasteiger partial charge < -0.3 is 20.3 Å². The Bertz CT molecular complexity index is 598. The van der Waals surface area contributed by atoms with Crippen LogP contribution in [0, 0.1) is 16.2 Å². The van der Waals surface area contributed by atoms with Crippen LogP contribution in [-0.4, -0.2) is 35.4 Å². The second-order valence-electron chi connectivity index (χ2n) is 9.87. The summed E-state index contributed by atoms with van der Waals surface area (Å²) in [5.41, 5.74) is 0.109. The number of aliphatic hydroxyl groups is 1. The van der Waals surface area contributed by atoms with Crippen LogP contribution in [0.1, 0.15) is 60.5 Å². The van der Waals surface area contributed by atoms with Crippen molar-refractivity contribution < 1.29 is 19.7 Å². The van der Waals surface area contributed by atoms with Crippen LogP contribution < -0.4 is 5.32 Å². The van der Waals surface area contributed by atoms with Crippen LogP contribution in [0.2, 0.25) is 0 Å². The van der Waals surface area contributed by atoms with Gasteiger partial charge in [0.25, 0.3) is 0 Å². The van der Waals surface area contributed by atoms with Crippen LogP contribution in [0.3, 0.4) is 0 Å². The molecule has 1 rings (SSSR count). The second kappa shape index (κ2) is 9.07. The molecule has 27 heavy (non-hydrogen) atoms. The summed E-state index contributed by atoms with van der Waals surface area (Å²) in [4.78, 5) is 12.8. The summed E-state index contributed by atoms with van der Waals surface area (Å²) in [6.45, 7) is 15.3. The predicted octanol–water partition coefficient (Wildman–Crippen LogP) is 3.87. The SMILES string of the molecule is CC(C)(C)CC(C)(C(=O)OCC(O)CNCc1ccc(O)cc1)C(C)(C)C. The summed E-state index contributed by atoms with van der Waals surface area (Å²) in [6.07, 6.45) is -0.0673. The van der Waals surface area contributed by atoms with Gasteiger partial charge in [0, 0.05) is 13.1 Å². The summed E-state index contributed by atoms with van der Waals surface area (Å²) < 4.78 is 5.50. The third kappa shape index (κ3) is 7.51. The van der Waals surface area contributed by atoms with Gasteiger partial charge in [-0.05, 0) is 41.9 Å². The van der Waals surface area contributed by atoms with Crippen LogP contribution in [0.15, 0.2) is 24.3 Å². The van der Waals surface area contributed by atoms with Crippen molar-refractivity contribution in [2.24, 2.45) is 16.2 Å². The number of carbonyl (C=O) groups is 1. The number of phenols is 1. The largest absolute Gasteiger partial charge is 0.508 e. The minimum absolute atomic E-state index is 0.00859. The van der Waals surface area contributed by atoms with E-state index in [2.05, 4.69) is 46.9 Å². The van der Waals surface area contributed by atoms with Crippen molar-refractivity contribution in [2.75, 3.05) is 13.2 Å². The summed E-state index contributed by atoms with van der Waals surface area (Å²) >= 11 is 0. The van der Waals surface area contributed by atoms with E-state index >= 15 is 0 Å². The molecule has 2 unspecified atom stereocenters. The lowest BCUT2D eigenvalue weighted by molar-refractivity contribution is -0.167. The first-order valence-electron chi connectivity index (χ1n) is 9.58. The van der Waals surface area contributed by atoms with E-state index < -0.39 is 11.5 Å². The number of aliphatic hydroxyl groups excluding tert-OH is 1. The van der Waals surface area contributed by atoms with Crippen LogP contribution >= 0.6 is 0 Å². The third-order valence-electron chi connectivity index (χ3n) is 5.04. The van der Waals surface area contributed by atoms with Gasteiger partial charge in [-0.15, -0.1) is 0 Å². The van der Waals surface area contributed by atoms with E-state index in [4.69, 9.17) is 4.74 Å². The Morgan fingerprint density at radius 1 is 1.07 bits per heavy atom. The zero-order chi connectivity index (χ0) is 20.9. The van der Waals surface area contributed by atoms with Gasteiger partial charge in [-0.25, -0.2) is 0 Å². The predicted molar refractivity (Wildman–Crippen MR) is 108 cm³/mol. The number of ether oxygens (including phenoxy) is 1. The molecule has 2 atom stereocenters. The molecule has 154 valence electrons. The standard InChI is InChI=1S/C22H37NO4/c1-20(2,3)15-22(7,21(4,5)6)19(26)27-14-18(25)13-23-12-16-8-10-17(24)11-9-16/h8-11,18,23-25H,12-15H2,1-7H3. The zero-order valence-electron chi connectivity index (χ0n) is 17.9. The molecular weight excluding hydrogens is 342 g/mol. The molecule has 0 spiro atoms. The number of benzene rings is 1. The Balaban J connectivity index is 2.53. The van der Waals surface area contributed by atoms with E-state index in [0.29, 0.717) is 19.5 Å². The Morgan fingerprint density at radius 2 is 1.63 bits per heavy atom. The molecule has 1 aromatic carbocycles. The molecule has 3 N–H and O–H groups in total. The highest BCUT2D eigenvalue weighted by molar-refractivity contribution is 5.77. The summed E-state index contributed by atoms with van der Waals surface area (Å²) in [5.74, 6) is -0.0367. The maximum atomic E-state index is 12.8. The average Bonchev–Trinajstić information content (AvgIpc) is 2.51. The third-order valence-corrected chi connectivity index (χ3v) is 5.04. The molecule has 0 heterocycles. The minimum atomic E-state index is -0.773. The Labute approximate surface area is 164 Å². The molecular formula is C22H37NO4. The lowest BCUT2D eigenvalue weighted by Crippen LogP contribution is -2.45. The van der Waals surface area contributed by atoms with E-state index in [0.717, 1.165) is 5.56 Å². The van der Waals surface area contributed by atoms with Crippen molar-refractivity contribution >= 4 is 5.97 Å². The van der Waals surface area contributed by atoms with Gasteiger partial charge in [0.1, 0.15) is 18.5 Å². The van der Waals surface area contributed by atoms with Gasteiger partial charge in [-0.2, -0.15) is 0 Å². The normalized spacial score (nSPS) is 15.9. The second-order valence-corrected chi connectivity index (χ2v) is 9.87. The van der Waals surface area contributed by atoms with Gasteiger partial charge in [-0.3, -0.25) is 4.79 Å². The van der Waals surface area contributed by atoms with Gasteiger partial charge in [-0.1, -0.05) is 53.7 Å². The summed E-state index contributed by atoms with van der Waals surface area (Å²) in [5, 5.41) is 22.5. The van der Waals surface area contributed by atoms with Crippen molar-refractivity contribution in [3.8, 4) is 5.75 Å². The van der Waals surface area contributed by atoms with Crippen LogP contribution in [0.4, 0.5) is 0 Å². The van der Waals surface area contributed by atoms with E-state index in [1.165, 1.54) is 0 Å². The molecule has 1 aromatic rings. The monoisotopic (exact) mass is 379 g/mol. The lowest BCUT2D eigenvalue weighted by Gasteiger charge is -2.43. The quantitative estimate of drug-likeness (QED) is 0.598. The van der Waals surface area contributed by atoms with E-state index in [9.17, 15) is 15.0 Å². The minimum Gasteiger partial charge on any atom is -0.508 e. The van der Waals surface area contributed by atoms with E-state index in [-0.39, 0.29) is 29.2 Å². The number of rotatable bonds is 8. The first kappa shape index (κ1) is 23.4. The average molecular weight is 380 g/mol. The topological polar surface area (TPSA) is 78.8 Å². The molecule has 0 saturated heterocycles. The smallest absolute Gasteiger partial charge is 0.312 e. The number of hydrogen-bond donors (Lipinski definition) is 3. The lowest BCUT2D eigenvalue weighted by atomic mass is 9.61. The van der Waals surface area contributed by atoms with Gasteiger partial charge in [0.2, 0.25) is 0 Å². The first-order chi connectivity index (χ1) is 12.2. The molecule has 0 bridgehead atoms. The molecule has 0 radical (unpaired) electrons. The Morgan fingerprint density at radius 3 is 2.11 bits per heavy atom. The number of phenolic OH excluding ortho intramolecular Hbond substituents is 1. The fraction of sp³-hybridized carbons (Fsp3) is 0.682. The number of aromatic hydroxyl groups is 1. The highest BCUT2D eigenvalue weighted by Crippen LogP contribution is 2.47. The van der Waals surface area contributed by atoms with Gasteiger partial charge in [0.15, 0.2) is 0 Å². The van der Waals surface area contributed by atoms with E-state index in [1.807, 2.05) is 19.1 Å². The summed E-state index contributed by atoms with van der Waals surface area (Å²) in [7, 11) is 0. The molecule has 5 heteroatoms.